The number of hydrogen-bond donors (Lipinski definition) is 0. The van der Waals surface area contributed by atoms with Crippen molar-refractivity contribution in [3.8, 4) is 0 Å². The number of rotatable bonds is 3. The molecule has 0 aromatic carbocycles. The monoisotopic (exact) mass is 326 g/mol. The Morgan fingerprint density at radius 1 is 1.37 bits per heavy atom. The zero-order valence-electron chi connectivity index (χ0n) is 12.1. The summed E-state index contributed by atoms with van der Waals surface area (Å²) in [6, 6.07) is 2.53. The minimum Gasteiger partial charge on any atom is -0.352 e. The Balaban J connectivity index is 2.24. The molecule has 1 fully saturated rings. The molecule has 4 nitrogen and oxygen atoms in total. The van der Waals surface area contributed by atoms with E-state index in [9.17, 15) is 0 Å². The van der Waals surface area contributed by atoms with Gasteiger partial charge in [-0.15, -0.1) is 0 Å². The first-order chi connectivity index (χ1) is 9.10. The third kappa shape index (κ3) is 3.89. The summed E-state index contributed by atoms with van der Waals surface area (Å²) in [7, 11) is 2.19. The van der Waals surface area contributed by atoms with Crippen LogP contribution in [0.1, 0.15) is 32.5 Å². The van der Waals surface area contributed by atoms with Gasteiger partial charge in [0, 0.05) is 31.6 Å². The van der Waals surface area contributed by atoms with E-state index in [4.69, 9.17) is 4.98 Å². The van der Waals surface area contributed by atoms with Crippen LogP contribution in [0.5, 0.6) is 0 Å². The molecule has 0 bridgehead atoms. The molecule has 1 unspecified atom stereocenters. The van der Waals surface area contributed by atoms with Gasteiger partial charge in [-0.1, -0.05) is 6.92 Å². The number of halogens is 1. The third-order valence-electron chi connectivity index (χ3n) is 3.54. The molecule has 1 saturated heterocycles. The molecule has 0 N–H and O–H groups in total. The second-order valence-electron chi connectivity index (χ2n) is 5.37. The highest BCUT2D eigenvalue weighted by Gasteiger charge is 2.21. The molecule has 1 aliphatic rings. The van der Waals surface area contributed by atoms with Gasteiger partial charge in [0.15, 0.2) is 0 Å². The fraction of sp³-hybridized carbons (Fsp3) is 0.714. The highest BCUT2D eigenvalue weighted by molar-refractivity contribution is 9.10. The summed E-state index contributed by atoms with van der Waals surface area (Å²) in [5.41, 5.74) is 0. The Hall–Kier alpha value is -0.680. The Morgan fingerprint density at radius 2 is 2.16 bits per heavy atom. The Bertz CT molecular complexity index is 424. The minimum absolute atomic E-state index is 0.490. The largest absolute Gasteiger partial charge is 0.352 e. The van der Waals surface area contributed by atoms with Gasteiger partial charge in [-0.2, -0.15) is 0 Å². The maximum Gasteiger partial charge on any atom is 0.133 e. The Morgan fingerprint density at radius 3 is 2.89 bits per heavy atom. The van der Waals surface area contributed by atoms with Gasteiger partial charge in [-0.05, 0) is 49.3 Å². The fourth-order valence-corrected chi connectivity index (χ4v) is 3.06. The zero-order chi connectivity index (χ0) is 13.8. The molecule has 0 amide bonds. The normalized spacial score (nSPS) is 21.5. The van der Waals surface area contributed by atoms with Gasteiger partial charge >= 0.3 is 0 Å². The van der Waals surface area contributed by atoms with Crippen LogP contribution in [0.15, 0.2) is 10.7 Å². The molecule has 0 radical (unpaired) electrons. The van der Waals surface area contributed by atoms with E-state index in [0.717, 1.165) is 48.7 Å². The minimum atomic E-state index is 0.490. The molecular weight excluding hydrogens is 304 g/mol. The third-order valence-corrected chi connectivity index (χ3v) is 3.95. The quantitative estimate of drug-likeness (QED) is 0.799. The van der Waals surface area contributed by atoms with E-state index in [1.807, 2.05) is 6.07 Å². The summed E-state index contributed by atoms with van der Waals surface area (Å²) >= 11 is 3.51. The molecule has 19 heavy (non-hydrogen) atoms. The molecule has 2 heterocycles. The van der Waals surface area contributed by atoms with Crippen LogP contribution < -0.4 is 4.90 Å². The second-order valence-corrected chi connectivity index (χ2v) is 6.19. The van der Waals surface area contributed by atoms with Gasteiger partial charge in [-0.3, -0.25) is 0 Å². The lowest BCUT2D eigenvalue weighted by Gasteiger charge is -2.29. The summed E-state index contributed by atoms with van der Waals surface area (Å²) in [6.45, 7) is 7.75. The highest BCUT2D eigenvalue weighted by Crippen LogP contribution is 2.21. The number of anilines is 1. The maximum absolute atomic E-state index is 4.73. The molecule has 5 heteroatoms. The van der Waals surface area contributed by atoms with E-state index >= 15 is 0 Å². The van der Waals surface area contributed by atoms with E-state index < -0.39 is 0 Å². The summed E-state index contributed by atoms with van der Waals surface area (Å²) in [5.74, 6) is 2.00. The van der Waals surface area contributed by atoms with Gasteiger partial charge in [-0.25, -0.2) is 9.97 Å². The lowest BCUT2D eigenvalue weighted by atomic mass is 10.2. The predicted molar refractivity (Wildman–Crippen MR) is 82.6 cm³/mol. The van der Waals surface area contributed by atoms with Crippen molar-refractivity contribution in [3.05, 3.63) is 16.5 Å². The van der Waals surface area contributed by atoms with Crippen LogP contribution in [0.25, 0.3) is 0 Å². The first-order valence-corrected chi connectivity index (χ1v) is 7.88. The molecule has 2 rings (SSSR count). The van der Waals surface area contributed by atoms with Crippen LogP contribution in [0.4, 0.5) is 5.82 Å². The molecule has 0 spiro atoms. The molecule has 106 valence electrons. The molecule has 0 saturated carbocycles. The average molecular weight is 327 g/mol. The van der Waals surface area contributed by atoms with Crippen molar-refractivity contribution in [1.29, 1.82) is 0 Å². The summed E-state index contributed by atoms with van der Waals surface area (Å²) in [6.07, 6.45) is 3.20. The Kier molecular flexibility index (Phi) is 5.16. The van der Waals surface area contributed by atoms with Crippen molar-refractivity contribution >= 4 is 21.7 Å². The van der Waals surface area contributed by atoms with Crippen LogP contribution in [0.3, 0.4) is 0 Å². The van der Waals surface area contributed by atoms with E-state index in [1.165, 1.54) is 6.42 Å². The van der Waals surface area contributed by atoms with Crippen molar-refractivity contribution in [2.24, 2.45) is 0 Å². The van der Waals surface area contributed by atoms with Crippen molar-refractivity contribution in [1.82, 2.24) is 14.9 Å². The summed E-state index contributed by atoms with van der Waals surface area (Å²) in [5, 5.41) is 0. The first-order valence-electron chi connectivity index (χ1n) is 7.08. The van der Waals surface area contributed by atoms with Crippen LogP contribution in [-0.4, -0.2) is 47.6 Å². The standard InChI is InChI=1S/C14H23BrN4/c1-4-6-13-16-12(15)9-14(17-13)19-8-5-7-18(3)10-11(19)2/h9,11H,4-8,10H2,1-3H3. The fourth-order valence-electron chi connectivity index (χ4n) is 2.65. The van der Waals surface area contributed by atoms with E-state index in [2.05, 4.69) is 51.6 Å². The lowest BCUT2D eigenvalue weighted by molar-refractivity contribution is 0.337. The van der Waals surface area contributed by atoms with E-state index in [1.54, 1.807) is 0 Å². The lowest BCUT2D eigenvalue weighted by Crippen LogP contribution is -2.38. The SMILES string of the molecule is CCCc1nc(Br)cc(N2CCCN(C)CC2C)n1. The van der Waals surface area contributed by atoms with Crippen molar-refractivity contribution in [2.45, 2.75) is 39.2 Å². The number of aryl methyl sites for hydroxylation is 1. The van der Waals surface area contributed by atoms with Gasteiger partial charge < -0.3 is 9.80 Å². The number of nitrogens with zero attached hydrogens (tertiary/aromatic N) is 4. The van der Waals surface area contributed by atoms with Gasteiger partial charge in [0.05, 0.1) is 0 Å². The second kappa shape index (κ2) is 6.66. The Labute approximate surface area is 124 Å². The number of aromatic nitrogens is 2. The van der Waals surface area contributed by atoms with Gasteiger partial charge in [0.1, 0.15) is 16.2 Å². The van der Waals surface area contributed by atoms with Crippen LogP contribution in [0.2, 0.25) is 0 Å². The maximum atomic E-state index is 4.73. The number of likely N-dealkylation sites (N-methyl/N-ethyl adjacent to an activating group) is 1. The van der Waals surface area contributed by atoms with Crippen molar-refractivity contribution < 1.29 is 0 Å². The van der Waals surface area contributed by atoms with Crippen molar-refractivity contribution in [2.75, 3.05) is 31.6 Å². The van der Waals surface area contributed by atoms with Gasteiger partial charge in [0.25, 0.3) is 0 Å². The van der Waals surface area contributed by atoms with Crippen LogP contribution >= 0.6 is 15.9 Å². The predicted octanol–water partition coefficient (Wildman–Crippen LogP) is 2.72. The van der Waals surface area contributed by atoms with E-state index in [0.29, 0.717) is 6.04 Å². The molecule has 1 aromatic heterocycles. The topological polar surface area (TPSA) is 32.3 Å². The highest BCUT2D eigenvalue weighted by atomic mass is 79.9. The molecule has 0 aliphatic carbocycles. The molecule has 1 aliphatic heterocycles. The van der Waals surface area contributed by atoms with Crippen LogP contribution in [-0.2, 0) is 6.42 Å². The molecular formula is C14H23BrN4. The van der Waals surface area contributed by atoms with Crippen LogP contribution in [0, 0.1) is 0 Å². The summed E-state index contributed by atoms with van der Waals surface area (Å²) < 4.78 is 0.894. The zero-order valence-corrected chi connectivity index (χ0v) is 13.7. The van der Waals surface area contributed by atoms with Crippen molar-refractivity contribution in [3.63, 3.8) is 0 Å². The van der Waals surface area contributed by atoms with E-state index in [-0.39, 0.29) is 0 Å². The summed E-state index contributed by atoms with van der Waals surface area (Å²) in [4.78, 5) is 14.0. The first kappa shape index (κ1) is 14.7. The number of hydrogen-bond acceptors (Lipinski definition) is 4. The molecule has 1 atom stereocenters. The average Bonchev–Trinajstić information content (AvgIpc) is 2.49. The smallest absolute Gasteiger partial charge is 0.133 e. The van der Waals surface area contributed by atoms with Gasteiger partial charge in [0.2, 0.25) is 0 Å². The molecule has 1 aromatic rings.